The number of hydrogen-bond donors (Lipinski definition) is 1. The number of rotatable bonds is 7. The first-order valence-electron chi connectivity index (χ1n) is 6.83. The average Bonchev–Trinajstić information content (AvgIpc) is 2.53. The van der Waals surface area contributed by atoms with Gasteiger partial charge in [0.2, 0.25) is 0 Å². The Morgan fingerprint density at radius 2 is 1.76 bits per heavy atom. The maximum absolute atomic E-state index is 12.0. The molecule has 0 aromatic heterocycles. The maximum Gasteiger partial charge on any atom is 0.251 e. The van der Waals surface area contributed by atoms with Gasteiger partial charge in [0, 0.05) is 28.5 Å². The smallest absolute Gasteiger partial charge is 0.251 e. The highest BCUT2D eigenvalue weighted by Crippen LogP contribution is 2.16. The van der Waals surface area contributed by atoms with Gasteiger partial charge in [0.25, 0.3) is 5.91 Å². The van der Waals surface area contributed by atoms with Crippen LogP contribution in [0.25, 0.3) is 0 Å². The van der Waals surface area contributed by atoms with Gasteiger partial charge in [-0.05, 0) is 36.1 Å². The van der Waals surface area contributed by atoms with Crippen LogP contribution in [0, 0.1) is 0 Å². The van der Waals surface area contributed by atoms with E-state index in [1.807, 2.05) is 42.5 Å². The van der Waals surface area contributed by atoms with Crippen molar-refractivity contribution < 1.29 is 4.79 Å². The molecule has 21 heavy (non-hydrogen) atoms. The Balaban J connectivity index is 1.74. The van der Waals surface area contributed by atoms with Gasteiger partial charge in [0.05, 0.1) is 0 Å². The molecule has 0 radical (unpaired) electrons. The van der Waals surface area contributed by atoms with E-state index in [9.17, 15) is 4.79 Å². The fraction of sp³-hybridized carbons (Fsp3) is 0.235. The third-order valence-electron chi connectivity index (χ3n) is 2.93. The van der Waals surface area contributed by atoms with Crippen molar-refractivity contribution in [1.82, 2.24) is 5.32 Å². The summed E-state index contributed by atoms with van der Waals surface area (Å²) in [6, 6.07) is 18.0. The van der Waals surface area contributed by atoms with Crippen molar-refractivity contribution in [2.45, 2.75) is 10.6 Å². The van der Waals surface area contributed by atoms with Crippen LogP contribution in [0.1, 0.15) is 15.9 Å². The Labute approximate surface area is 134 Å². The number of carbonyl (C=O) groups excluding carboxylic acids is 1. The lowest BCUT2D eigenvalue weighted by atomic mass is 10.1. The first-order valence-corrected chi connectivity index (χ1v) is 9.21. The minimum absolute atomic E-state index is 0.000590. The quantitative estimate of drug-likeness (QED) is 0.616. The number of benzene rings is 2. The highest BCUT2D eigenvalue weighted by molar-refractivity contribution is 7.99. The van der Waals surface area contributed by atoms with Gasteiger partial charge in [0.15, 0.2) is 0 Å². The largest absolute Gasteiger partial charge is 0.351 e. The van der Waals surface area contributed by atoms with E-state index in [2.05, 4.69) is 23.7 Å². The van der Waals surface area contributed by atoms with Crippen molar-refractivity contribution in [2.24, 2.45) is 0 Å². The normalized spacial score (nSPS) is 10.3. The predicted octanol–water partition coefficient (Wildman–Crippen LogP) is 4.07. The van der Waals surface area contributed by atoms with Crippen molar-refractivity contribution >= 4 is 29.4 Å². The topological polar surface area (TPSA) is 29.1 Å². The molecule has 2 aromatic carbocycles. The molecule has 2 nitrogen and oxygen atoms in total. The Kier molecular flexibility index (Phi) is 6.70. The molecule has 110 valence electrons. The number of thioether (sulfide) groups is 2. The standard InChI is InChI=1S/C17H19NOS2/c1-20-13-14-7-9-15(10-8-14)17(19)18-11-12-21-16-5-3-2-4-6-16/h2-10H,11-13H2,1H3,(H,18,19). The van der Waals surface area contributed by atoms with Crippen molar-refractivity contribution in [3.05, 3.63) is 65.7 Å². The van der Waals surface area contributed by atoms with Crippen LogP contribution >= 0.6 is 23.5 Å². The van der Waals surface area contributed by atoms with Gasteiger partial charge in [-0.15, -0.1) is 11.8 Å². The number of hydrogen-bond acceptors (Lipinski definition) is 3. The second-order valence-electron chi connectivity index (χ2n) is 4.55. The molecule has 0 fully saturated rings. The van der Waals surface area contributed by atoms with Crippen molar-refractivity contribution in [3.8, 4) is 0 Å². The monoisotopic (exact) mass is 317 g/mol. The van der Waals surface area contributed by atoms with Crippen LogP contribution < -0.4 is 5.32 Å². The third-order valence-corrected chi connectivity index (χ3v) is 4.56. The Morgan fingerprint density at radius 3 is 2.43 bits per heavy atom. The second kappa shape index (κ2) is 8.80. The lowest BCUT2D eigenvalue weighted by Gasteiger charge is -2.06. The minimum Gasteiger partial charge on any atom is -0.351 e. The number of carbonyl (C=O) groups is 1. The first kappa shape index (κ1) is 16.0. The zero-order valence-electron chi connectivity index (χ0n) is 12.0. The zero-order chi connectivity index (χ0) is 14.9. The van der Waals surface area contributed by atoms with Crippen LogP contribution in [0.4, 0.5) is 0 Å². The molecule has 0 saturated carbocycles. The summed E-state index contributed by atoms with van der Waals surface area (Å²) >= 11 is 3.53. The molecular formula is C17H19NOS2. The van der Waals surface area contributed by atoms with Crippen LogP contribution in [0.2, 0.25) is 0 Å². The summed E-state index contributed by atoms with van der Waals surface area (Å²) in [5.74, 6) is 1.86. The minimum atomic E-state index is -0.000590. The van der Waals surface area contributed by atoms with E-state index >= 15 is 0 Å². The maximum atomic E-state index is 12.0. The second-order valence-corrected chi connectivity index (χ2v) is 6.58. The Bertz CT molecular complexity index is 555. The van der Waals surface area contributed by atoms with Gasteiger partial charge in [-0.2, -0.15) is 11.8 Å². The molecule has 0 saturated heterocycles. The van der Waals surface area contributed by atoms with E-state index in [1.165, 1.54) is 10.5 Å². The van der Waals surface area contributed by atoms with Gasteiger partial charge in [-0.3, -0.25) is 4.79 Å². The lowest BCUT2D eigenvalue weighted by molar-refractivity contribution is 0.0956. The highest BCUT2D eigenvalue weighted by atomic mass is 32.2. The van der Waals surface area contributed by atoms with Crippen LogP contribution in [0.5, 0.6) is 0 Å². The fourth-order valence-corrected chi connectivity index (χ4v) is 3.19. The summed E-state index contributed by atoms with van der Waals surface area (Å²) in [4.78, 5) is 13.2. The van der Waals surface area contributed by atoms with Crippen molar-refractivity contribution in [1.29, 1.82) is 0 Å². The molecular weight excluding hydrogens is 298 g/mol. The molecule has 4 heteroatoms. The molecule has 2 rings (SSSR count). The number of nitrogens with one attached hydrogen (secondary N) is 1. The molecule has 1 N–H and O–H groups in total. The Hall–Kier alpha value is -1.39. The molecule has 1 amide bonds. The van der Waals surface area contributed by atoms with Gasteiger partial charge in [-0.1, -0.05) is 30.3 Å². The van der Waals surface area contributed by atoms with Gasteiger partial charge in [0.1, 0.15) is 0 Å². The van der Waals surface area contributed by atoms with Gasteiger partial charge in [-0.25, -0.2) is 0 Å². The lowest BCUT2D eigenvalue weighted by Crippen LogP contribution is -2.25. The SMILES string of the molecule is CSCc1ccc(C(=O)NCCSc2ccccc2)cc1. The Morgan fingerprint density at radius 1 is 1.05 bits per heavy atom. The summed E-state index contributed by atoms with van der Waals surface area (Å²) in [6.45, 7) is 0.672. The highest BCUT2D eigenvalue weighted by Gasteiger charge is 2.04. The molecule has 0 aliphatic rings. The van der Waals surface area contributed by atoms with Gasteiger partial charge >= 0.3 is 0 Å². The van der Waals surface area contributed by atoms with E-state index in [0.717, 1.165) is 17.1 Å². The van der Waals surface area contributed by atoms with E-state index in [1.54, 1.807) is 23.5 Å². The van der Waals surface area contributed by atoms with E-state index in [4.69, 9.17) is 0 Å². The van der Waals surface area contributed by atoms with Crippen LogP contribution in [-0.2, 0) is 5.75 Å². The molecule has 0 heterocycles. The molecule has 0 spiro atoms. The zero-order valence-corrected chi connectivity index (χ0v) is 13.7. The molecule has 0 bridgehead atoms. The van der Waals surface area contributed by atoms with Crippen LogP contribution in [0.15, 0.2) is 59.5 Å². The molecule has 2 aromatic rings. The molecule has 0 aliphatic heterocycles. The summed E-state index contributed by atoms with van der Waals surface area (Å²) in [7, 11) is 0. The summed E-state index contributed by atoms with van der Waals surface area (Å²) < 4.78 is 0. The molecule has 0 unspecified atom stereocenters. The first-order chi connectivity index (χ1) is 10.3. The molecule has 0 aliphatic carbocycles. The molecule has 0 atom stereocenters. The summed E-state index contributed by atoms with van der Waals surface area (Å²) in [5.41, 5.74) is 1.98. The van der Waals surface area contributed by atoms with Crippen molar-refractivity contribution in [2.75, 3.05) is 18.6 Å². The van der Waals surface area contributed by atoms with Gasteiger partial charge < -0.3 is 5.32 Å². The predicted molar refractivity (Wildman–Crippen MR) is 93.2 cm³/mol. The van der Waals surface area contributed by atoms with E-state index < -0.39 is 0 Å². The number of amides is 1. The summed E-state index contributed by atoms with van der Waals surface area (Å²) in [6.07, 6.45) is 2.07. The third kappa shape index (κ3) is 5.48. The van der Waals surface area contributed by atoms with Crippen molar-refractivity contribution in [3.63, 3.8) is 0 Å². The summed E-state index contributed by atoms with van der Waals surface area (Å²) in [5, 5.41) is 2.96. The fourth-order valence-electron chi connectivity index (χ4n) is 1.87. The van der Waals surface area contributed by atoms with Crippen LogP contribution in [-0.4, -0.2) is 24.5 Å². The average molecular weight is 317 g/mol. The van der Waals surface area contributed by atoms with E-state index in [0.29, 0.717) is 6.54 Å². The van der Waals surface area contributed by atoms with E-state index in [-0.39, 0.29) is 5.91 Å². The van der Waals surface area contributed by atoms with Crippen LogP contribution in [0.3, 0.4) is 0 Å².